The van der Waals surface area contributed by atoms with Gasteiger partial charge in [-0.25, -0.2) is 9.97 Å². The molecule has 10 heteroatoms. The van der Waals surface area contributed by atoms with Crippen molar-refractivity contribution in [3.63, 3.8) is 0 Å². The Hall–Kier alpha value is -3.14. The van der Waals surface area contributed by atoms with Crippen molar-refractivity contribution >= 4 is 45.4 Å². The Balaban J connectivity index is 1.53. The summed E-state index contributed by atoms with van der Waals surface area (Å²) in [5.41, 5.74) is 4.24. The number of halogens is 1. The molecule has 1 aliphatic rings. The maximum absolute atomic E-state index is 12.8. The second-order valence-electron chi connectivity index (χ2n) is 8.25. The molecule has 8 nitrogen and oxygen atoms in total. The summed E-state index contributed by atoms with van der Waals surface area (Å²) in [7, 11) is 0. The average molecular weight is 496 g/mol. The summed E-state index contributed by atoms with van der Waals surface area (Å²) in [5, 5.41) is 11.7. The Morgan fingerprint density at radius 2 is 2.03 bits per heavy atom. The molecule has 0 radical (unpaired) electrons. The normalized spacial score (nSPS) is 17.4. The van der Waals surface area contributed by atoms with Crippen LogP contribution in [0.5, 0.6) is 0 Å². The molecule has 0 saturated carbocycles. The first kappa shape index (κ1) is 22.6. The molecule has 0 spiro atoms. The predicted octanol–water partition coefficient (Wildman–Crippen LogP) is 4.03. The lowest BCUT2D eigenvalue weighted by atomic mass is 10.0. The smallest absolute Gasteiger partial charge is 0.289 e. The number of nitrogens with one attached hydrogen (secondary N) is 2. The van der Waals surface area contributed by atoms with Crippen LogP contribution >= 0.6 is 11.6 Å². The van der Waals surface area contributed by atoms with E-state index in [2.05, 4.69) is 25.8 Å². The lowest BCUT2D eigenvalue weighted by Crippen LogP contribution is -2.53. The van der Waals surface area contributed by atoms with Crippen LogP contribution in [0.3, 0.4) is 0 Å². The molecule has 174 valence electrons. The molecule has 2 aromatic carbocycles. The average Bonchev–Trinajstić information content (AvgIpc) is 3.13. The van der Waals surface area contributed by atoms with E-state index in [1.807, 2.05) is 56.3 Å². The summed E-state index contributed by atoms with van der Waals surface area (Å²) < 4.78 is 16.7. The predicted molar refractivity (Wildman–Crippen MR) is 132 cm³/mol. The van der Waals surface area contributed by atoms with Crippen molar-refractivity contribution in [2.45, 2.75) is 26.4 Å². The minimum Gasteiger partial charge on any atom is -0.616 e. The molecule has 5 rings (SSSR count). The van der Waals surface area contributed by atoms with E-state index in [0.29, 0.717) is 34.4 Å². The molecule has 0 unspecified atom stereocenters. The Kier molecular flexibility index (Phi) is 6.16. The highest BCUT2D eigenvalue weighted by atomic mass is 35.5. The molecule has 0 bridgehead atoms. The third-order valence-corrected chi connectivity index (χ3v) is 7.46. The molecule has 1 saturated heterocycles. The number of aromatic nitrogens is 3. The van der Waals surface area contributed by atoms with Crippen LogP contribution in [0.25, 0.3) is 22.0 Å². The molecule has 0 atom stereocenters. The minimum absolute atomic E-state index is 0.0591. The number of anilines is 1. The van der Waals surface area contributed by atoms with Crippen molar-refractivity contribution in [2.75, 3.05) is 16.8 Å². The number of carbonyl (C=O) groups is 1. The highest BCUT2D eigenvalue weighted by Crippen LogP contribution is 2.31. The van der Waals surface area contributed by atoms with Crippen LogP contribution in [0.4, 0.5) is 5.82 Å². The highest BCUT2D eigenvalue weighted by Gasteiger charge is 2.33. The van der Waals surface area contributed by atoms with E-state index in [0.717, 1.165) is 33.5 Å². The number of amides is 1. The van der Waals surface area contributed by atoms with E-state index in [4.69, 9.17) is 16.1 Å². The molecule has 0 aliphatic carbocycles. The van der Waals surface area contributed by atoms with E-state index in [-0.39, 0.29) is 17.8 Å². The molecule has 2 aromatic heterocycles. The lowest BCUT2D eigenvalue weighted by molar-refractivity contribution is 0.0932. The fourth-order valence-corrected chi connectivity index (χ4v) is 5.16. The first-order valence-electron chi connectivity index (χ1n) is 10.8. The van der Waals surface area contributed by atoms with Gasteiger partial charge in [-0.2, -0.15) is 0 Å². The number of aryl methyl sites for hydroxylation is 2. The van der Waals surface area contributed by atoms with Crippen LogP contribution in [0.15, 0.2) is 47.0 Å². The standard InChI is InChI=1S/C24H22ClN5O3S/c1-13-21(14(2)33-30-13)16-6-7-20-19(9-16)22(26-10-15-4-3-5-17(25)8-15)29-23(28-20)24(31)27-18-11-34(32)12-18/h3-9,18H,10-12H2,1-2H3,(H,27,31)(H,26,28,29). The number of fused-ring (bicyclic) bond motifs is 1. The van der Waals surface area contributed by atoms with E-state index in [1.165, 1.54) is 0 Å². The monoisotopic (exact) mass is 495 g/mol. The molecule has 34 heavy (non-hydrogen) atoms. The minimum atomic E-state index is -0.861. The van der Waals surface area contributed by atoms with Crippen LogP contribution in [-0.2, 0) is 17.7 Å². The van der Waals surface area contributed by atoms with Gasteiger partial charge >= 0.3 is 0 Å². The van der Waals surface area contributed by atoms with Gasteiger partial charge in [0.25, 0.3) is 5.91 Å². The van der Waals surface area contributed by atoms with Crippen molar-refractivity contribution in [3.05, 3.63) is 70.3 Å². The fourth-order valence-electron chi connectivity index (χ4n) is 3.98. The Bertz CT molecular complexity index is 1370. The summed E-state index contributed by atoms with van der Waals surface area (Å²) >= 11 is 5.27. The molecule has 4 aromatic rings. The van der Waals surface area contributed by atoms with E-state index in [1.54, 1.807) is 0 Å². The largest absolute Gasteiger partial charge is 0.616 e. The Labute approximate surface area is 204 Å². The van der Waals surface area contributed by atoms with Gasteiger partial charge in [0.1, 0.15) is 29.1 Å². The maximum Gasteiger partial charge on any atom is 0.289 e. The maximum atomic E-state index is 12.8. The van der Waals surface area contributed by atoms with Gasteiger partial charge in [-0.15, -0.1) is 0 Å². The first-order valence-corrected chi connectivity index (χ1v) is 12.6. The summed E-state index contributed by atoms with van der Waals surface area (Å²) in [4.78, 5) is 21.9. The van der Waals surface area contributed by atoms with Crippen molar-refractivity contribution in [1.82, 2.24) is 20.4 Å². The zero-order valence-corrected chi connectivity index (χ0v) is 20.2. The van der Waals surface area contributed by atoms with Gasteiger partial charge in [0, 0.05) is 22.5 Å². The van der Waals surface area contributed by atoms with Gasteiger partial charge in [0.15, 0.2) is 0 Å². The molecule has 1 aliphatic heterocycles. The van der Waals surface area contributed by atoms with Gasteiger partial charge in [-0.05, 0) is 60.4 Å². The van der Waals surface area contributed by atoms with Crippen LogP contribution < -0.4 is 10.6 Å². The number of benzene rings is 2. The zero-order chi connectivity index (χ0) is 23.8. The topological polar surface area (TPSA) is 116 Å². The van der Waals surface area contributed by atoms with Crippen LogP contribution in [-0.4, -0.2) is 43.1 Å². The van der Waals surface area contributed by atoms with Gasteiger partial charge in [-0.1, -0.05) is 35.0 Å². The summed E-state index contributed by atoms with van der Waals surface area (Å²) in [6, 6.07) is 13.2. The Morgan fingerprint density at radius 1 is 1.21 bits per heavy atom. The second kappa shape index (κ2) is 9.25. The molecule has 3 heterocycles. The van der Waals surface area contributed by atoms with Crippen molar-refractivity contribution in [2.24, 2.45) is 0 Å². The zero-order valence-electron chi connectivity index (χ0n) is 18.6. The molecule has 1 fully saturated rings. The quantitative estimate of drug-likeness (QED) is 0.388. The van der Waals surface area contributed by atoms with Crippen LogP contribution in [0.1, 0.15) is 27.6 Å². The van der Waals surface area contributed by atoms with Gasteiger partial charge in [0.2, 0.25) is 5.82 Å². The van der Waals surface area contributed by atoms with Gasteiger partial charge < -0.3 is 19.7 Å². The Morgan fingerprint density at radius 3 is 2.74 bits per heavy atom. The third kappa shape index (κ3) is 4.59. The summed E-state index contributed by atoms with van der Waals surface area (Å²) in [6.45, 7) is 4.23. The first-order chi connectivity index (χ1) is 16.4. The lowest BCUT2D eigenvalue weighted by Gasteiger charge is -2.29. The summed E-state index contributed by atoms with van der Waals surface area (Å²) in [5.74, 6) is 1.84. The van der Waals surface area contributed by atoms with Crippen LogP contribution in [0, 0.1) is 13.8 Å². The van der Waals surface area contributed by atoms with Crippen molar-refractivity contribution < 1.29 is 13.9 Å². The number of nitrogens with zero attached hydrogens (tertiary/aromatic N) is 3. The van der Waals surface area contributed by atoms with Gasteiger partial charge in [-0.3, -0.25) is 4.79 Å². The number of rotatable bonds is 6. The second-order valence-corrected chi connectivity index (χ2v) is 10.2. The van der Waals surface area contributed by atoms with Crippen LogP contribution in [0.2, 0.25) is 5.02 Å². The number of hydrogen-bond acceptors (Lipinski definition) is 7. The summed E-state index contributed by atoms with van der Waals surface area (Å²) in [6.07, 6.45) is 0. The molecular weight excluding hydrogens is 474 g/mol. The SMILES string of the molecule is Cc1noc(C)c1-c1ccc2nc(C(=O)NC3C[S+]([O-])C3)nc(NCc3cccc(Cl)c3)c2c1. The molecule has 2 N–H and O–H groups in total. The number of carbonyl (C=O) groups excluding carboxylic acids is 1. The fraction of sp³-hybridized carbons (Fsp3) is 0.250. The third-order valence-electron chi connectivity index (χ3n) is 5.68. The van der Waals surface area contributed by atoms with E-state index < -0.39 is 11.2 Å². The van der Waals surface area contributed by atoms with Gasteiger partial charge in [0.05, 0.1) is 11.2 Å². The van der Waals surface area contributed by atoms with Crippen molar-refractivity contribution in [1.29, 1.82) is 0 Å². The highest BCUT2D eigenvalue weighted by molar-refractivity contribution is 7.92. The van der Waals surface area contributed by atoms with Crippen molar-refractivity contribution in [3.8, 4) is 11.1 Å². The molecule has 1 amide bonds. The molecular formula is C24H22ClN5O3S. The van der Waals surface area contributed by atoms with E-state index >= 15 is 0 Å². The van der Waals surface area contributed by atoms with E-state index in [9.17, 15) is 9.35 Å². The number of hydrogen-bond donors (Lipinski definition) is 2.